The average molecular weight is 382 g/mol. The molecule has 2 aliphatic heterocycles. The summed E-state index contributed by atoms with van der Waals surface area (Å²) in [4.78, 5) is 41.8. The van der Waals surface area contributed by atoms with Gasteiger partial charge in [0, 0.05) is 25.6 Å². The molecule has 2 aliphatic rings. The molecule has 0 unspecified atom stereocenters. The van der Waals surface area contributed by atoms with E-state index in [2.05, 4.69) is 10.1 Å². The van der Waals surface area contributed by atoms with Crippen LogP contribution in [-0.2, 0) is 9.53 Å². The van der Waals surface area contributed by atoms with Crippen molar-refractivity contribution in [2.75, 3.05) is 26.3 Å². The number of amides is 1. The number of hydrogen-bond acceptors (Lipinski definition) is 5. The third-order valence-electron chi connectivity index (χ3n) is 6.03. The number of fused-ring (bicyclic) bond motifs is 4. The first-order valence-electron chi connectivity index (χ1n) is 9.10. The van der Waals surface area contributed by atoms with E-state index in [9.17, 15) is 19.5 Å². The number of benzene rings is 1. The fraction of sp³-hybridized carbons (Fsp3) is 0.368. The first-order valence-corrected chi connectivity index (χ1v) is 9.10. The van der Waals surface area contributed by atoms with Crippen LogP contribution in [0.15, 0.2) is 35.3 Å². The third kappa shape index (κ3) is 2.22. The molecule has 0 bridgehead atoms. The molecule has 9 heteroatoms. The molecule has 0 spiro atoms. The normalized spacial score (nSPS) is 24.6. The van der Waals surface area contributed by atoms with Crippen molar-refractivity contribution < 1.29 is 19.4 Å². The molecule has 0 saturated carbocycles. The molecular weight excluding hydrogens is 364 g/mol. The molecule has 4 heterocycles. The number of para-hydroxylation sites is 1. The topological polar surface area (TPSA) is 117 Å². The number of aromatic nitrogens is 3. The summed E-state index contributed by atoms with van der Waals surface area (Å²) in [6.45, 7) is 1.14. The van der Waals surface area contributed by atoms with E-state index < -0.39 is 11.4 Å². The summed E-state index contributed by atoms with van der Waals surface area (Å²) < 4.78 is 6.98. The summed E-state index contributed by atoms with van der Waals surface area (Å²) in [7, 11) is 0. The highest BCUT2D eigenvalue weighted by atomic mass is 16.5. The second-order valence-electron chi connectivity index (χ2n) is 7.46. The maximum Gasteiger partial charge on any atom is 0.311 e. The number of hydrogen-bond donors (Lipinski definition) is 2. The van der Waals surface area contributed by atoms with Gasteiger partial charge < -0.3 is 19.7 Å². The highest BCUT2D eigenvalue weighted by molar-refractivity contribution is 6.01. The van der Waals surface area contributed by atoms with Gasteiger partial charge in [-0.15, -0.1) is 0 Å². The molecule has 2 fully saturated rings. The Bertz CT molecular complexity index is 1180. The lowest BCUT2D eigenvalue weighted by Crippen LogP contribution is -2.45. The summed E-state index contributed by atoms with van der Waals surface area (Å²) in [5.74, 6) is -1.48. The second kappa shape index (κ2) is 5.90. The third-order valence-corrected chi connectivity index (χ3v) is 6.03. The van der Waals surface area contributed by atoms with Crippen LogP contribution >= 0.6 is 0 Å². The number of ether oxygens (including phenoxy) is 1. The molecule has 5 rings (SSSR count). The van der Waals surface area contributed by atoms with Crippen LogP contribution in [0, 0.1) is 11.3 Å². The number of likely N-dealkylation sites (tertiary alicyclic amines) is 1. The Hall–Kier alpha value is -3.20. The molecule has 0 radical (unpaired) electrons. The van der Waals surface area contributed by atoms with Crippen molar-refractivity contribution in [1.29, 1.82) is 0 Å². The van der Waals surface area contributed by atoms with Crippen molar-refractivity contribution in [3.63, 3.8) is 0 Å². The molecule has 28 heavy (non-hydrogen) atoms. The van der Waals surface area contributed by atoms with Crippen LogP contribution in [0.2, 0.25) is 0 Å². The Morgan fingerprint density at radius 3 is 2.93 bits per heavy atom. The number of nitrogens with zero attached hydrogens (tertiary/aromatic N) is 3. The van der Waals surface area contributed by atoms with Gasteiger partial charge in [-0.3, -0.25) is 14.4 Å². The van der Waals surface area contributed by atoms with Crippen molar-refractivity contribution in [2.24, 2.45) is 11.3 Å². The van der Waals surface area contributed by atoms with Gasteiger partial charge in [-0.05, 0) is 18.6 Å². The molecule has 3 aromatic rings. The van der Waals surface area contributed by atoms with Gasteiger partial charge in [0.1, 0.15) is 11.2 Å². The summed E-state index contributed by atoms with van der Waals surface area (Å²) in [5, 5.41) is 14.6. The summed E-state index contributed by atoms with van der Waals surface area (Å²) in [6, 6.07) is 7.02. The van der Waals surface area contributed by atoms with Gasteiger partial charge in [-0.25, -0.2) is 4.52 Å². The van der Waals surface area contributed by atoms with E-state index >= 15 is 0 Å². The second-order valence-corrected chi connectivity index (χ2v) is 7.46. The van der Waals surface area contributed by atoms with Crippen LogP contribution in [0.3, 0.4) is 0 Å². The Morgan fingerprint density at radius 2 is 2.14 bits per heavy atom. The van der Waals surface area contributed by atoms with Crippen LogP contribution < -0.4 is 5.56 Å². The highest BCUT2D eigenvalue weighted by Gasteiger charge is 2.55. The highest BCUT2D eigenvalue weighted by Crippen LogP contribution is 2.43. The smallest absolute Gasteiger partial charge is 0.311 e. The van der Waals surface area contributed by atoms with Gasteiger partial charge in [-0.2, -0.15) is 5.10 Å². The van der Waals surface area contributed by atoms with Crippen LogP contribution in [0.5, 0.6) is 0 Å². The van der Waals surface area contributed by atoms with E-state index in [1.807, 2.05) is 0 Å². The number of carboxylic acid groups (broad SMARTS) is 1. The van der Waals surface area contributed by atoms with E-state index in [1.165, 1.54) is 15.6 Å². The van der Waals surface area contributed by atoms with Crippen LogP contribution in [-0.4, -0.2) is 62.8 Å². The van der Waals surface area contributed by atoms with Crippen molar-refractivity contribution in [3.8, 4) is 0 Å². The molecular formula is C19H18N4O5. The minimum atomic E-state index is -0.975. The maximum absolute atomic E-state index is 13.2. The van der Waals surface area contributed by atoms with E-state index in [4.69, 9.17) is 4.74 Å². The van der Waals surface area contributed by atoms with E-state index in [-0.39, 0.29) is 29.5 Å². The average Bonchev–Trinajstić information content (AvgIpc) is 3.30. The fourth-order valence-electron chi connectivity index (χ4n) is 4.46. The summed E-state index contributed by atoms with van der Waals surface area (Å²) in [6.07, 6.45) is 1.80. The fourth-order valence-corrected chi connectivity index (χ4v) is 4.46. The first-order chi connectivity index (χ1) is 13.5. The minimum absolute atomic E-state index is 0.129. The molecule has 2 atom stereocenters. The van der Waals surface area contributed by atoms with Crippen LogP contribution in [0.4, 0.5) is 0 Å². The quantitative estimate of drug-likeness (QED) is 0.675. The number of carbonyl (C=O) groups is 2. The zero-order valence-corrected chi connectivity index (χ0v) is 14.9. The van der Waals surface area contributed by atoms with E-state index in [0.29, 0.717) is 42.7 Å². The molecule has 1 amide bonds. The van der Waals surface area contributed by atoms with Crippen molar-refractivity contribution >= 4 is 28.4 Å². The summed E-state index contributed by atoms with van der Waals surface area (Å²) in [5.41, 5.74) is -0.113. The number of carbonyl (C=O) groups excluding carboxylic acids is 1. The molecule has 2 saturated heterocycles. The number of H-pyrrole nitrogens is 1. The first kappa shape index (κ1) is 16.9. The number of nitrogens with one attached hydrogen (secondary N) is 1. The van der Waals surface area contributed by atoms with Crippen molar-refractivity contribution in [1.82, 2.24) is 19.5 Å². The Labute approximate surface area is 158 Å². The standard InChI is InChI=1S/C19H18N4O5/c24-16-12-3-1-2-4-14(12)23-15(21-16)13(7-20-23)17(25)22-8-11-9-28-6-5-19(11,10-22)18(26)27/h1-4,7,11H,5-6,8-10H2,(H,21,24)(H,26,27)/t11-,19+/m0/s1. The van der Waals surface area contributed by atoms with Gasteiger partial charge in [-0.1, -0.05) is 12.1 Å². The van der Waals surface area contributed by atoms with Crippen LogP contribution in [0.25, 0.3) is 16.6 Å². The van der Waals surface area contributed by atoms with Crippen molar-refractivity contribution in [3.05, 3.63) is 46.4 Å². The minimum Gasteiger partial charge on any atom is -0.481 e. The van der Waals surface area contributed by atoms with Gasteiger partial charge >= 0.3 is 5.97 Å². The lowest BCUT2D eigenvalue weighted by Gasteiger charge is -2.33. The van der Waals surface area contributed by atoms with Gasteiger partial charge in [0.2, 0.25) is 0 Å². The molecule has 2 N–H and O–H groups in total. The number of aliphatic carboxylic acids is 1. The lowest BCUT2D eigenvalue weighted by atomic mass is 9.74. The number of rotatable bonds is 2. The van der Waals surface area contributed by atoms with Gasteiger partial charge in [0.05, 0.1) is 29.1 Å². The maximum atomic E-state index is 13.2. The number of aromatic amines is 1. The monoisotopic (exact) mass is 382 g/mol. The Balaban J connectivity index is 1.57. The molecule has 1 aromatic carbocycles. The van der Waals surface area contributed by atoms with Gasteiger partial charge in [0.15, 0.2) is 0 Å². The summed E-state index contributed by atoms with van der Waals surface area (Å²) >= 11 is 0. The van der Waals surface area contributed by atoms with E-state index in [0.717, 1.165) is 0 Å². The zero-order chi connectivity index (χ0) is 19.5. The lowest BCUT2D eigenvalue weighted by molar-refractivity contribution is -0.157. The van der Waals surface area contributed by atoms with Gasteiger partial charge in [0.25, 0.3) is 11.5 Å². The number of carboxylic acids is 1. The molecule has 2 aromatic heterocycles. The SMILES string of the molecule is O=C(c1cnn2c1[nH]c(=O)c1ccccc12)N1C[C@H]2COCC[C@@]2(C(=O)O)C1. The molecule has 0 aliphatic carbocycles. The Kier molecular flexibility index (Phi) is 3.57. The van der Waals surface area contributed by atoms with Crippen LogP contribution in [0.1, 0.15) is 16.8 Å². The zero-order valence-electron chi connectivity index (χ0n) is 14.9. The van der Waals surface area contributed by atoms with E-state index in [1.54, 1.807) is 24.3 Å². The van der Waals surface area contributed by atoms with Crippen molar-refractivity contribution in [2.45, 2.75) is 6.42 Å². The Morgan fingerprint density at radius 1 is 1.32 bits per heavy atom. The molecule has 144 valence electrons. The predicted octanol–water partition coefficient (Wildman–Crippen LogP) is 0.739. The largest absolute Gasteiger partial charge is 0.481 e. The predicted molar refractivity (Wildman–Crippen MR) is 98.2 cm³/mol. The molecule has 9 nitrogen and oxygen atoms in total.